The van der Waals surface area contributed by atoms with Crippen LogP contribution in [0.5, 0.6) is 5.75 Å². The lowest BCUT2D eigenvalue weighted by Crippen LogP contribution is -2.59. The van der Waals surface area contributed by atoms with Gasteiger partial charge in [-0.1, -0.05) is 19.9 Å². The van der Waals surface area contributed by atoms with Gasteiger partial charge in [-0.25, -0.2) is 0 Å². The Morgan fingerprint density at radius 3 is 2.56 bits per heavy atom. The second-order valence-corrected chi connectivity index (χ2v) is 8.17. The van der Waals surface area contributed by atoms with Gasteiger partial charge >= 0.3 is 0 Å². The molecule has 0 atom stereocenters. The van der Waals surface area contributed by atoms with Crippen molar-refractivity contribution in [2.45, 2.75) is 57.5 Å². The smallest absolute Gasteiger partial charge is 0.246 e. The third-order valence-corrected chi connectivity index (χ3v) is 5.35. The van der Waals surface area contributed by atoms with Crippen LogP contribution in [0.4, 0.5) is 5.69 Å². The first-order valence-corrected chi connectivity index (χ1v) is 9.93. The molecular formula is C21H31N3O3. The highest BCUT2D eigenvalue weighted by Crippen LogP contribution is 2.31. The molecule has 0 bridgehead atoms. The first kappa shape index (κ1) is 19.5. The van der Waals surface area contributed by atoms with E-state index < -0.39 is 5.54 Å². The van der Waals surface area contributed by atoms with Crippen molar-refractivity contribution in [3.8, 4) is 5.75 Å². The zero-order valence-electron chi connectivity index (χ0n) is 16.6. The van der Waals surface area contributed by atoms with Crippen LogP contribution in [0.2, 0.25) is 0 Å². The van der Waals surface area contributed by atoms with Crippen molar-refractivity contribution in [2.24, 2.45) is 5.92 Å². The number of anilines is 1. The van der Waals surface area contributed by atoms with Crippen molar-refractivity contribution >= 4 is 17.5 Å². The topological polar surface area (TPSA) is 70.7 Å². The van der Waals surface area contributed by atoms with Crippen LogP contribution in [0.15, 0.2) is 24.3 Å². The van der Waals surface area contributed by atoms with Crippen LogP contribution in [0.25, 0.3) is 0 Å². The van der Waals surface area contributed by atoms with Crippen LogP contribution in [0.3, 0.4) is 0 Å². The molecule has 2 aliphatic rings. The Hall–Kier alpha value is -2.24. The van der Waals surface area contributed by atoms with Crippen LogP contribution in [0.1, 0.15) is 46.0 Å². The van der Waals surface area contributed by atoms with Crippen LogP contribution in [0, 0.1) is 5.92 Å². The van der Waals surface area contributed by atoms with Crippen LogP contribution in [-0.4, -0.2) is 48.5 Å². The molecule has 6 nitrogen and oxygen atoms in total. The molecular weight excluding hydrogens is 342 g/mol. The predicted octanol–water partition coefficient (Wildman–Crippen LogP) is 2.79. The molecule has 1 heterocycles. The maximum absolute atomic E-state index is 13.1. The molecule has 3 rings (SSSR count). The minimum Gasteiger partial charge on any atom is -0.497 e. The van der Waals surface area contributed by atoms with E-state index in [9.17, 15) is 9.59 Å². The van der Waals surface area contributed by atoms with E-state index in [1.165, 1.54) is 0 Å². The Balaban J connectivity index is 1.73. The van der Waals surface area contributed by atoms with Gasteiger partial charge in [0.05, 0.1) is 7.11 Å². The summed E-state index contributed by atoms with van der Waals surface area (Å²) >= 11 is 0. The van der Waals surface area contributed by atoms with E-state index in [0.29, 0.717) is 44.3 Å². The number of likely N-dealkylation sites (tertiary alicyclic amines) is 1. The number of rotatable bonds is 7. The standard InChI is InChI=1S/C21H31N3O3/c1-15(2)13-19(25)24-11-9-21(10-12-24,20(26)22-16-7-8-16)23-17-5-4-6-18(14-17)27-3/h4-6,14-16,23H,7-13H2,1-3H3,(H,22,26). The maximum Gasteiger partial charge on any atom is 0.246 e. The summed E-state index contributed by atoms with van der Waals surface area (Å²) in [6.45, 7) is 5.31. The van der Waals surface area contributed by atoms with Gasteiger partial charge in [0.15, 0.2) is 0 Å². The number of ether oxygens (including phenoxy) is 1. The second-order valence-electron chi connectivity index (χ2n) is 8.17. The fourth-order valence-electron chi connectivity index (χ4n) is 3.55. The number of carbonyl (C=O) groups excluding carboxylic acids is 2. The number of benzene rings is 1. The molecule has 148 valence electrons. The van der Waals surface area contributed by atoms with E-state index in [1.54, 1.807) is 7.11 Å². The fourth-order valence-corrected chi connectivity index (χ4v) is 3.55. The molecule has 0 unspecified atom stereocenters. The number of nitrogens with zero attached hydrogens (tertiary/aromatic N) is 1. The lowest BCUT2D eigenvalue weighted by Gasteiger charge is -2.42. The van der Waals surface area contributed by atoms with Crippen LogP contribution >= 0.6 is 0 Å². The van der Waals surface area contributed by atoms with Gasteiger partial charge in [0.2, 0.25) is 11.8 Å². The molecule has 0 aromatic heterocycles. The first-order valence-electron chi connectivity index (χ1n) is 9.93. The van der Waals surface area contributed by atoms with Gasteiger partial charge in [-0.05, 0) is 43.7 Å². The van der Waals surface area contributed by atoms with E-state index in [0.717, 1.165) is 24.3 Å². The van der Waals surface area contributed by atoms with Crippen molar-refractivity contribution < 1.29 is 14.3 Å². The molecule has 27 heavy (non-hydrogen) atoms. The van der Waals surface area contributed by atoms with E-state index in [1.807, 2.05) is 29.2 Å². The van der Waals surface area contributed by atoms with E-state index in [4.69, 9.17) is 4.74 Å². The van der Waals surface area contributed by atoms with E-state index in [-0.39, 0.29) is 11.8 Å². The molecule has 2 fully saturated rings. The van der Waals surface area contributed by atoms with Gasteiger partial charge in [-0.2, -0.15) is 0 Å². The van der Waals surface area contributed by atoms with E-state index >= 15 is 0 Å². The first-order chi connectivity index (χ1) is 12.9. The average Bonchev–Trinajstić information content (AvgIpc) is 3.45. The monoisotopic (exact) mass is 373 g/mol. The summed E-state index contributed by atoms with van der Waals surface area (Å²) in [5.74, 6) is 1.32. The molecule has 1 aromatic carbocycles. The number of amides is 2. The highest BCUT2D eigenvalue weighted by atomic mass is 16.5. The fraction of sp³-hybridized carbons (Fsp3) is 0.619. The molecule has 6 heteroatoms. The van der Waals surface area contributed by atoms with Gasteiger partial charge in [-0.15, -0.1) is 0 Å². The van der Waals surface area contributed by atoms with Gasteiger partial charge < -0.3 is 20.3 Å². The molecule has 2 amide bonds. The predicted molar refractivity (Wildman–Crippen MR) is 106 cm³/mol. The SMILES string of the molecule is COc1cccc(NC2(C(=O)NC3CC3)CCN(C(=O)CC(C)C)CC2)c1. The lowest BCUT2D eigenvalue weighted by atomic mass is 9.85. The lowest BCUT2D eigenvalue weighted by molar-refractivity contribution is -0.136. The summed E-state index contributed by atoms with van der Waals surface area (Å²) in [5.41, 5.74) is 0.172. The van der Waals surface area contributed by atoms with Crippen LogP contribution < -0.4 is 15.4 Å². The van der Waals surface area contributed by atoms with E-state index in [2.05, 4.69) is 24.5 Å². The Kier molecular flexibility index (Phi) is 5.92. The maximum atomic E-state index is 13.1. The van der Waals surface area contributed by atoms with Gasteiger partial charge in [-0.3, -0.25) is 9.59 Å². The summed E-state index contributed by atoms with van der Waals surface area (Å²) in [4.78, 5) is 27.4. The number of nitrogens with one attached hydrogen (secondary N) is 2. The molecule has 0 spiro atoms. The van der Waals surface area contributed by atoms with Gasteiger partial charge in [0.25, 0.3) is 0 Å². The third kappa shape index (κ3) is 4.93. The highest BCUT2D eigenvalue weighted by molar-refractivity contribution is 5.90. The molecule has 1 saturated heterocycles. The average molecular weight is 373 g/mol. The minimum absolute atomic E-state index is 0.0452. The van der Waals surface area contributed by atoms with Crippen molar-refractivity contribution in [3.63, 3.8) is 0 Å². The van der Waals surface area contributed by atoms with Gasteiger partial charge in [0.1, 0.15) is 11.3 Å². The second kappa shape index (κ2) is 8.19. The van der Waals surface area contributed by atoms with Crippen molar-refractivity contribution in [1.29, 1.82) is 0 Å². The largest absolute Gasteiger partial charge is 0.497 e. The summed E-state index contributed by atoms with van der Waals surface area (Å²) in [7, 11) is 1.63. The normalized spacial score (nSPS) is 18.9. The molecule has 1 aliphatic carbocycles. The summed E-state index contributed by atoms with van der Waals surface area (Å²) in [6, 6.07) is 7.96. The Labute approximate surface area is 161 Å². The number of carbonyl (C=O) groups is 2. The molecule has 1 aliphatic heterocycles. The van der Waals surface area contributed by atoms with Crippen molar-refractivity contribution in [1.82, 2.24) is 10.2 Å². The summed E-state index contributed by atoms with van der Waals surface area (Å²) in [6.07, 6.45) is 3.88. The molecule has 0 radical (unpaired) electrons. The van der Waals surface area contributed by atoms with Crippen molar-refractivity contribution in [2.75, 3.05) is 25.5 Å². The Bertz CT molecular complexity index is 677. The van der Waals surface area contributed by atoms with Gasteiger partial charge in [0, 0.05) is 37.3 Å². The number of methoxy groups -OCH3 is 1. The summed E-state index contributed by atoms with van der Waals surface area (Å²) in [5, 5.41) is 6.63. The zero-order valence-corrected chi connectivity index (χ0v) is 16.6. The molecule has 1 aromatic rings. The molecule has 1 saturated carbocycles. The molecule has 2 N–H and O–H groups in total. The number of hydrogen-bond donors (Lipinski definition) is 2. The number of hydrogen-bond acceptors (Lipinski definition) is 4. The Morgan fingerprint density at radius 1 is 1.26 bits per heavy atom. The quantitative estimate of drug-likeness (QED) is 0.771. The minimum atomic E-state index is -0.691. The summed E-state index contributed by atoms with van der Waals surface area (Å²) < 4.78 is 5.30. The number of piperidine rings is 1. The highest BCUT2D eigenvalue weighted by Gasteiger charge is 2.44. The zero-order chi connectivity index (χ0) is 19.4. The van der Waals surface area contributed by atoms with Crippen molar-refractivity contribution in [3.05, 3.63) is 24.3 Å². The Morgan fingerprint density at radius 2 is 1.96 bits per heavy atom. The third-order valence-electron chi connectivity index (χ3n) is 5.35. The van der Waals surface area contributed by atoms with Crippen LogP contribution in [-0.2, 0) is 9.59 Å².